The molecule has 29 heavy (non-hydrogen) atoms. The predicted molar refractivity (Wildman–Crippen MR) is 103 cm³/mol. The molecular formula is C19H19F3N4O2S. The van der Waals surface area contributed by atoms with E-state index in [0.29, 0.717) is 28.6 Å². The zero-order valence-corrected chi connectivity index (χ0v) is 16.6. The Kier molecular flexibility index (Phi) is 4.78. The lowest BCUT2D eigenvalue weighted by Crippen LogP contribution is -2.23. The van der Waals surface area contributed by atoms with E-state index in [1.165, 1.54) is 31.3 Å². The molecule has 0 saturated heterocycles. The van der Waals surface area contributed by atoms with Crippen molar-refractivity contribution in [1.82, 2.24) is 18.7 Å². The minimum absolute atomic E-state index is 0.163. The van der Waals surface area contributed by atoms with Crippen molar-refractivity contribution in [1.29, 1.82) is 0 Å². The molecule has 0 unspecified atom stereocenters. The highest BCUT2D eigenvalue weighted by Crippen LogP contribution is 2.34. The molecule has 0 spiro atoms. The first-order valence-corrected chi connectivity index (χ1v) is 10.4. The maximum Gasteiger partial charge on any atom is 0.333 e. The minimum atomic E-state index is -4.21. The minimum Gasteiger partial charge on any atom is -0.302 e. The van der Waals surface area contributed by atoms with Gasteiger partial charge in [-0.1, -0.05) is 6.08 Å². The van der Waals surface area contributed by atoms with Crippen LogP contribution in [0.15, 0.2) is 41.6 Å². The Balaban J connectivity index is 1.93. The fourth-order valence-electron chi connectivity index (χ4n) is 3.61. The van der Waals surface area contributed by atoms with E-state index < -0.39 is 22.4 Å². The second kappa shape index (κ2) is 7.03. The van der Waals surface area contributed by atoms with Crippen LogP contribution in [0.2, 0.25) is 0 Å². The molecule has 0 N–H and O–H groups in total. The number of fused-ring (bicyclic) bond motifs is 1. The highest BCUT2D eigenvalue weighted by molar-refractivity contribution is 7.90. The molecule has 4 rings (SSSR count). The standard InChI is InChI=1S/C19H19F3N4O2S/c1-12-18(10-23-26(12)19(21)22)29(27,28)25-11-16(13-5-7-24(2)8-6-13)15-9-14(20)3-4-17(15)25/h3-5,9-11,19H,6-8H2,1-2H3. The lowest BCUT2D eigenvalue weighted by atomic mass is 9.99. The summed E-state index contributed by atoms with van der Waals surface area (Å²) >= 11 is 0. The summed E-state index contributed by atoms with van der Waals surface area (Å²) in [5, 5.41) is 3.96. The average Bonchev–Trinajstić information content (AvgIpc) is 3.24. The highest BCUT2D eigenvalue weighted by Gasteiger charge is 2.28. The van der Waals surface area contributed by atoms with E-state index in [1.807, 2.05) is 13.1 Å². The Morgan fingerprint density at radius 1 is 1.24 bits per heavy atom. The molecule has 0 amide bonds. The van der Waals surface area contributed by atoms with Gasteiger partial charge < -0.3 is 4.90 Å². The van der Waals surface area contributed by atoms with Gasteiger partial charge in [-0.3, -0.25) is 0 Å². The van der Waals surface area contributed by atoms with Crippen LogP contribution in [0.5, 0.6) is 0 Å². The van der Waals surface area contributed by atoms with Crippen molar-refractivity contribution in [2.24, 2.45) is 0 Å². The molecule has 0 saturated carbocycles. The van der Waals surface area contributed by atoms with Crippen molar-refractivity contribution in [2.75, 3.05) is 20.1 Å². The molecule has 154 valence electrons. The molecular weight excluding hydrogens is 405 g/mol. The first-order valence-electron chi connectivity index (χ1n) is 8.96. The number of hydrogen-bond donors (Lipinski definition) is 0. The Bertz CT molecular complexity index is 1230. The molecule has 6 nitrogen and oxygen atoms in total. The van der Waals surface area contributed by atoms with Crippen LogP contribution in [0.4, 0.5) is 13.2 Å². The van der Waals surface area contributed by atoms with Crippen molar-refractivity contribution in [3.8, 4) is 0 Å². The number of nitrogens with zero attached hydrogens (tertiary/aromatic N) is 4. The average molecular weight is 424 g/mol. The summed E-state index contributed by atoms with van der Waals surface area (Å²) in [6.07, 6.45) is 5.03. The van der Waals surface area contributed by atoms with E-state index in [9.17, 15) is 21.6 Å². The number of likely N-dealkylation sites (N-methyl/N-ethyl adjacent to an activating group) is 1. The summed E-state index contributed by atoms with van der Waals surface area (Å²) in [7, 11) is -2.23. The van der Waals surface area contributed by atoms with Crippen molar-refractivity contribution in [3.05, 3.63) is 53.7 Å². The van der Waals surface area contributed by atoms with E-state index in [1.54, 1.807) is 0 Å². The van der Waals surface area contributed by atoms with E-state index in [4.69, 9.17) is 0 Å². The van der Waals surface area contributed by atoms with Crippen LogP contribution in [-0.4, -0.2) is 47.2 Å². The van der Waals surface area contributed by atoms with Gasteiger partial charge in [-0.15, -0.1) is 0 Å². The Morgan fingerprint density at radius 2 is 2.00 bits per heavy atom. The van der Waals surface area contributed by atoms with Crippen LogP contribution < -0.4 is 0 Å². The highest BCUT2D eigenvalue weighted by atomic mass is 32.2. The summed E-state index contributed by atoms with van der Waals surface area (Å²) in [5.74, 6) is -0.482. The summed E-state index contributed by atoms with van der Waals surface area (Å²) in [4.78, 5) is 1.80. The summed E-state index contributed by atoms with van der Waals surface area (Å²) < 4.78 is 68.0. The molecule has 10 heteroatoms. The van der Waals surface area contributed by atoms with Crippen LogP contribution in [0.3, 0.4) is 0 Å². The largest absolute Gasteiger partial charge is 0.333 e. The Morgan fingerprint density at radius 3 is 2.62 bits per heavy atom. The van der Waals surface area contributed by atoms with Gasteiger partial charge in [0.15, 0.2) is 0 Å². The maximum absolute atomic E-state index is 13.9. The van der Waals surface area contributed by atoms with Crippen molar-refractivity contribution >= 4 is 26.5 Å². The van der Waals surface area contributed by atoms with Gasteiger partial charge in [0, 0.05) is 30.2 Å². The van der Waals surface area contributed by atoms with Gasteiger partial charge >= 0.3 is 6.55 Å². The zero-order chi connectivity index (χ0) is 20.9. The second-order valence-corrected chi connectivity index (χ2v) is 8.85. The van der Waals surface area contributed by atoms with Gasteiger partial charge in [-0.2, -0.15) is 13.9 Å². The fourth-order valence-corrected chi connectivity index (χ4v) is 5.13. The van der Waals surface area contributed by atoms with Gasteiger partial charge in [-0.25, -0.2) is 21.5 Å². The molecule has 1 aromatic carbocycles. The zero-order valence-electron chi connectivity index (χ0n) is 15.8. The van der Waals surface area contributed by atoms with Crippen molar-refractivity contribution < 1.29 is 21.6 Å². The first kappa shape index (κ1) is 19.7. The van der Waals surface area contributed by atoms with Gasteiger partial charge in [0.05, 0.1) is 17.4 Å². The van der Waals surface area contributed by atoms with E-state index >= 15 is 0 Å². The van der Waals surface area contributed by atoms with E-state index in [2.05, 4.69) is 10.00 Å². The number of hydrogen-bond acceptors (Lipinski definition) is 4. The summed E-state index contributed by atoms with van der Waals surface area (Å²) in [5.41, 5.74) is 1.66. The number of rotatable bonds is 4. The molecule has 0 atom stereocenters. The fraction of sp³-hybridized carbons (Fsp3) is 0.316. The third kappa shape index (κ3) is 3.25. The summed E-state index contributed by atoms with van der Waals surface area (Å²) in [6.45, 7) is -0.183. The molecule has 0 fully saturated rings. The quantitative estimate of drug-likeness (QED) is 0.642. The van der Waals surface area contributed by atoms with Crippen LogP contribution in [-0.2, 0) is 10.0 Å². The van der Waals surface area contributed by atoms with Crippen LogP contribution in [0.1, 0.15) is 24.2 Å². The van der Waals surface area contributed by atoms with Crippen molar-refractivity contribution in [2.45, 2.75) is 24.8 Å². The van der Waals surface area contributed by atoms with Gasteiger partial charge in [0.1, 0.15) is 10.7 Å². The molecule has 1 aliphatic rings. The van der Waals surface area contributed by atoms with Crippen molar-refractivity contribution in [3.63, 3.8) is 0 Å². The molecule has 3 aromatic rings. The van der Waals surface area contributed by atoms with E-state index in [0.717, 1.165) is 22.3 Å². The van der Waals surface area contributed by atoms with Gasteiger partial charge in [0.25, 0.3) is 10.0 Å². The normalized spacial score (nSPS) is 16.0. The monoisotopic (exact) mass is 424 g/mol. The Labute approximate surface area is 165 Å². The Hall–Kier alpha value is -2.59. The molecule has 0 bridgehead atoms. The van der Waals surface area contributed by atoms with Gasteiger partial charge in [-0.05, 0) is 44.2 Å². The maximum atomic E-state index is 13.9. The summed E-state index contributed by atoms with van der Waals surface area (Å²) in [6, 6.07) is 3.86. The number of alkyl halides is 2. The molecule has 1 aliphatic heterocycles. The topological polar surface area (TPSA) is 60.1 Å². The third-order valence-corrected chi connectivity index (χ3v) is 6.99. The molecule has 2 aromatic heterocycles. The lowest BCUT2D eigenvalue weighted by molar-refractivity contribution is 0.0541. The number of aromatic nitrogens is 3. The second-order valence-electron chi connectivity index (χ2n) is 7.06. The smallest absolute Gasteiger partial charge is 0.302 e. The van der Waals surface area contributed by atoms with Gasteiger partial charge in [0.2, 0.25) is 0 Å². The first-order chi connectivity index (χ1) is 13.7. The molecule has 0 radical (unpaired) electrons. The van der Waals surface area contributed by atoms with E-state index in [-0.39, 0.29) is 16.1 Å². The van der Waals surface area contributed by atoms with Crippen LogP contribution in [0.25, 0.3) is 16.5 Å². The number of halogens is 3. The number of benzene rings is 1. The SMILES string of the molecule is Cc1c(S(=O)(=O)n2cc(C3=CCN(C)CC3)c3cc(F)ccc32)cnn1C(F)F. The lowest BCUT2D eigenvalue weighted by Gasteiger charge is -2.21. The third-order valence-electron chi connectivity index (χ3n) is 5.21. The van der Waals surface area contributed by atoms with Crippen LogP contribution in [0, 0.1) is 12.7 Å². The molecule has 3 heterocycles. The molecule has 0 aliphatic carbocycles. The van der Waals surface area contributed by atoms with Crippen LogP contribution >= 0.6 is 0 Å². The predicted octanol–water partition coefficient (Wildman–Crippen LogP) is 3.64.